The summed E-state index contributed by atoms with van der Waals surface area (Å²) in [6.45, 7) is 7.39. The highest BCUT2D eigenvalue weighted by molar-refractivity contribution is 7.13. The molecule has 0 saturated carbocycles. The molecule has 2 aliphatic heterocycles. The van der Waals surface area contributed by atoms with Gasteiger partial charge in [0, 0.05) is 32.1 Å². The molecule has 8 nitrogen and oxygen atoms in total. The number of ether oxygens (including phenoxy) is 1. The Balaban J connectivity index is 1.05. The molecular formula is C25H31N5O3S. The summed E-state index contributed by atoms with van der Waals surface area (Å²) in [5.41, 5.74) is 2.43. The number of thiophene rings is 1. The van der Waals surface area contributed by atoms with Crippen LogP contribution in [0.1, 0.15) is 29.9 Å². The second-order valence-corrected chi connectivity index (χ2v) is 9.91. The maximum atomic E-state index is 12.8. The first-order chi connectivity index (χ1) is 16.7. The predicted octanol–water partition coefficient (Wildman–Crippen LogP) is 3.16. The molecular weight excluding hydrogens is 450 g/mol. The van der Waals surface area contributed by atoms with Gasteiger partial charge in [0.2, 0.25) is 17.6 Å². The van der Waals surface area contributed by atoms with Crippen LogP contribution in [0.4, 0.5) is 0 Å². The van der Waals surface area contributed by atoms with E-state index in [1.165, 1.54) is 5.56 Å². The highest BCUT2D eigenvalue weighted by Gasteiger charge is 2.26. The lowest BCUT2D eigenvalue weighted by Crippen LogP contribution is -2.40. The fourth-order valence-electron chi connectivity index (χ4n) is 4.56. The molecule has 2 aliphatic rings. The van der Waals surface area contributed by atoms with Crippen molar-refractivity contribution in [2.45, 2.75) is 32.5 Å². The molecule has 0 spiro atoms. The average Bonchev–Trinajstić information content (AvgIpc) is 3.56. The number of carbonyl (C=O) groups excluding carboxylic acids is 1. The van der Waals surface area contributed by atoms with Crippen LogP contribution in [-0.2, 0) is 29.2 Å². The summed E-state index contributed by atoms with van der Waals surface area (Å²) in [6, 6.07) is 12.5. The van der Waals surface area contributed by atoms with E-state index in [1.807, 2.05) is 17.5 Å². The smallest absolute Gasteiger partial charge is 0.241 e. The zero-order valence-electron chi connectivity index (χ0n) is 19.3. The van der Waals surface area contributed by atoms with E-state index in [9.17, 15) is 4.79 Å². The molecule has 3 aromatic rings. The van der Waals surface area contributed by atoms with Gasteiger partial charge >= 0.3 is 0 Å². The van der Waals surface area contributed by atoms with Crippen LogP contribution in [0.2, 0.25) is 0 Å². The number of morpholine rings is 1. The van der Waals surface area contributed by atoms with E-state index >= 15 is 0 Å². The van der Waals surface area contributed by atoms with Crippen molar-refractivity contribution in [1.29, 1.82) is 0 Å². The quantitative estimate of drug-likeness (QED) is 0.529. The van der Waals surface area contributed by atoms with Crippen molar-refractivity contribution < 1.29 is 14.1 Å². The van der Waals surface area contributed by atoms with Gasteiger partial charge in [0.05, 0.1) is 24.6 Å². The lowest BCUT2D eigenvalue weighted by molar-refractivity contribution is -0.126. The van der Waals surface area contributed by atoms with Crippen LogP contribution < -0.4 is 5.32 Å². The van der Waals surface area contributed by atoms with Gasteiger partial charge in [-0.1, -0.05) is 35.5 Å². The number of amides is 1. The molecule has 9 heteroatoms. The summed E-state index contributed by atoms with van der Waals surface area (Å²) in [5, 5.41) is 9.24. The lowest BCUT2D eigenvalue weighted by Gasteiger charge is -2.30. The van der Waals surface area contributed by atoms with Gasteiger partial charge in [-0.2, -0.15) is 4.98 Å². The van der Waals surface area contributed by atoms with Crippen molar-refractivity contribution in [2.75, 3.05) is 39.4 Å². The molecule has 1 amide bonds. The minimum absolute atomic E-state index is 0.0529. The number of hydrogen-bond donors (Lipinski definition) is 1. The molecule has 2 saturated heterocycles. The summed E-state index contributed by atoms with van der Waals surface area (Å²) in [5.74, 6) is 1.48. The number of aromatic nitrogens is 2. The van der Waals surface area contributed by atoms with Gasteiger partial charge in [0.15, 0.2) is 0 Å². The Labute approximate surface area is 203 Å². The second-order valence-electron chi connectivity index (χ2n) is 8.97. The van der Waals surface area contributed by atoms with Gasteiger partial charge < -0.3 is 14.6 Å². The van der Waals surface area contributed by atoms with Gasteiger partial charge in [-0.05, 0) is 48.5 Å². The van der Waals surface area contributed by atoms with Gasteiger partial charge in [-0.25, -0.2) is 0 Å². The molecule has 0 bridgehead atoms. The largest absolute Gasteiger partial charge is 0.379 e. The average molecular weight is 482 g/mol. The van der Waals surface area contributed by atoms with Gasteiger partial charge in [-0.3, -0.25) is 14.6 Å². The van der Waals surface area contributed by atoms with Crippen molar-refractivity contribution in [3.63, 3.8) is 0 Å². The van der Waals surface area contributed by atoms with E-state index < -0.39 is 0 Å². The van der Waals surface area contributed by atoms with Crippen molar-refractivity contribution in [3.8, 4) is 10.7 Å². The van der Waals surface area contributed by atoms with Crippen LogP contribution in [0.5, 0.6) is 0 Å². The molecule has 1 aromatic carbocycles. The number of piperidine rings is 1. The molecule has 2 fully saturated rings. The Morgan fingerprint density at radius 3 is 2.62 bits per heavy atom. The van der Waals surface area contributed by atoms with Crippen LogP contribution in [0, 0.1) is 5.92 Å². The summed E-state index contributed by atoms with van der Waals surface area (Å²) >= 11 is 1.60. The predicted molar refractivity (Wildman–Crippen MR) is 130 cm³/mol. The molecule has 0 radical (unpaired) electrons. The first-order valence-corrected chi connectivity index (χ1v) is 12.9. The molecule has 0 atom stereocenters. The van der Waals surface area contributed by atoms with Crippen LogP contribution in [-0.4, -0.2) is 65.2 Å². The zero-order chi connectivity index (χ0) is 23.2. The number of rotatable bonds is 8. The highest BCUT2D eigenvalue weighted by Crippen LogP contribution is 2.23. The van der Waals surface area contributed by atoms with Gasteiger partial charge in [-0.15, -0.1) is 11.3 Å². The third-order valence-electron chi connectivity index (χ3n) is 6.49. The fourth-order valence-corrected chi connectivity index (χ4v) is 5.21. The Bertz CT molecular complexity index is 1060. The first-order valence-electron chi connectivity index (χ1n) is 12.0. The van der Waals surface area contributed by atoms with Gasteiger partial charge in [0.25, 0.3) is 0 Å². The van der Waals surface area contributed by atoms with E-state index in [4.69, 9.17) is 9.26 Å². The summed E-state index contributed by atoms with van der Waals surface area (Å²) in [6.07, 6.45) is 1.68. The summed E-state index contributed by atoms with van der Waals surface area (Å²) < 4.78 is 10.9. The molecule has 34 heavy (non-hydrogen) atoms. The molecule has 180 valence electrons. The van der Waals surface area contributed by atoms with Gasteiger partial charge in [0.1, 0.15) is 0 Å². The number of carbonyl (C=O) groups is 1. The topological polar surface area (TPSA) is 83.7 Å². The van der Waals surface area contributed by atoms with Crippen LogP contribution in [0.15, 0.2) is 46.3 Å². The Morgan fingerprint density at radius 1 is 1.03 bits per heavy atom. The van der Waals surface area contributed by atoms with Crippen molar-refractivity contribution in [1.82, 2.24) is 25.3 Å². The Morgan fingerprint density at radius 2 is 1.82 bits per heavy atom. The van der Waals surface area contributed by atoms with E-state index in [0.29, 0.717) is 24.8 Å². The Hall–Kier alpha value is -2.59. The van der Waals surface area contributed by atoms with Crippen LogP contribution in [0.3, 0.4) is 0 Å². The standard InChI is InChI=1S/C25H31N5O3S/c31-25(26-16-19-3-1-4-20(15-19)17-30-10-12-32-13-11-30)21-6-8-29(9-7-21)18-23-27-24(28-33-23)22-5-2-14-34-22/h1-5,14-15,21H,6-13,16-18H2,(H,26,31). The summed E-state index contributed by atoms with van der Waals surface area (Å²) in [7, 11) is 0. The third-order valence-corrected chi connectivity index (χ3v) is 7.36. The highest BCUT2D eigenvalue weighted by atomic mass is 32.1. The second kappa shape index (κ2) is 11.2. The van der Waals surface area contributed by atoms with Crippen molar-refractivity contribution >= 4 is 17.2 Å². The minimum Gasteiger partial charge on any atom is -0.379 e. The van der Waals surface area contributed by atoms with E-state index in [-0.39, 0.29) is 11.8 Å². The van der Waals surface area contributed by atoms with E-state index in [1.54, 1.807) is 11.3 Å². The molecule has 1 N–H and O–H groups in total. The molecule has 5 rings (SSSR count). The number of benzene rings is 1. The lowest BCUT2D eigenvalue weighted by atomic mass is 9.96. The SMILES string of the molecule is O=C(NCc1cccc(CN2CCOCC2)c1)C1CCN(Cc2nc(-c3cccs3)no2)CC1. The zero-order valence-corrected chi connectivity index (χ0v) is 20.1. The third kappa shape index (κ3) is 6.09. The number of likely N-dealkylation sites (tertiary alicyclic amines) is 1. The molecule has 0 aliphatic carbocycles. The van der Waals surface area contributed by atoms with E-state index in [2.05, 4.69) is 49.5 Å². The van der Waals surface area contributed by atoms with E-state index in [0.717, 1.165) is 69.2 Å². The number of nitrogens with zero attached hydrogens (tertiary/aromatic N) is 4. The van der Waals surface area contributed by atoms with Crippen LogP contribution in [0.25, 0.3) is 10.7 Å². The first kappa shape index (κ1) is 23.2. The maximum absolute atomic E-state index is 12.8. The molecule has 2 aromatic heterocycles. The normalized spacial score (nSPS) is 18.2. The summed E-state index contributed by atoms with van der Waals surface area (Å²) in [4.78, 5) is 23.0. The molecule has 4 heterocycles. The fraction of sp³-hybridized carbons (Fsp3) is 0.480. The number of nitrogens with one attached hydrogen (secondary N) is 1. The number of hydrogen-bond acceptors (Lipinski definition) is 8. The monoisotopic (exact) mass is 481 g/mol. The van der Waals surface area contributed by atoms with Crippen molar-refractivity contribution in [2.24, 2.45) is 5.92 Å². The van der Waals surface area contributed by atoms with Crippen molar-refractivity contribution in [3.05, 3.63) is 58.8 Å². The minimum atomic E-state index is 0.0529. The Kier molecular flexibility index (Phi) is 7.65. The maximum Gasteiger partial charge on any atom is 0.241 e. The molecule has 0 unspecified atom stereocenters. The van der Waals surface area contributed by atoms with Crippen LogP contribution >= 0.6 is 11.3 Å².